The van der Waals surface area contributed by atoms with Crippen LogP contribution in [0.4, 0.5) is 4.79 Å². The van der Waals surface area contributed by atoms with Gasteiger partial charge in [0.05, 0.1) is 23.6 Å². The second kappa shape index (κ2) is 8.07. The molecule has 0 aliphatic carbocycles. The molecule has 1 N–H and O–H groups in total. The number of carbonyl (C=O) groups excluding carboxylic acids is 3. The smallest absolute Gasteiger partial charge is 0.344 e. The highest BCUT2D eigenvalue weighted by molar-refractivity contribution is 8.18. The second-order valence-corrected chi connectivity index (χ2v) is 5.90. The molecule has 0 aromatic heterocycles. The van der Waals surface area contributed by atoms with Crippen molar-refractivity contribution in [2.24, 2.45) is 0 Å². The zero-order chi connectivity index (χ0) is 17.7. The maximum absolute atomic E-state index is 11.6. The topological polar surface area (TPSA) is 90.9 Å². The van der Waals surface area contributed by atoms with E-state index in [1.807, 2.05) is 0 Å². The maximum Gasteiger partial charge on any atom is 0.344 e. The van der Waals surface area contributed by atoms with E-state index < -0.39 is 17.1 Å². The van der Waals surface area contributed by atoms with Crippen LogP contribution < -0.4 is 14.8 Å². The molecule has 24 heavy (non-hydrogen) atoms. The van der Waals surface area contributed by atoms with Crippen LogP contribution in [-0.2, 0) is 14.3 Å². The number of amides is 2. The fourth-order valence-electron chi connectivity index (χ4n) is 1.87. The van der Waals surface area contributed by atoms with Gasteiger partial charge in [0.25, 0.3) is 11.1 Å². The molecular formula is C15H14ClNO6S. The first-order valence-electron chi connectivity index (χ1n) is 6.85. The van der Waals surface area contributed by atoms with Crippen LogP contribution in [0.15, 0.2) is 17.0 Å². The van der Waals surface area contributed by atoms with E-state index in [1.165, 1.54) is 19.3 Å². The van der Waals surface area contributed by atoms with Gasteiger partial charge in [0, 0.05) is 0 Å². The summed E-state index contributed by atoms with van der Waals surface area (Å²) < 4.78 is 15.3. The number of ether oxygens (including phenoxy) is 3. The van der Waals surface area contributed by atoms with Crippen LogP contribution in [-0.4, -0.2) is 37.4 Å². The standard InChI is InChI=1S/C15H14ClNO6S/c1-3-22-12(18)7-23-13-9(16)4-8(5-10(13)21-2)6-11-14(19)17-15(20)24-11/h4-6H,3,7H2,1-2H3,(H,17,19,20)/b11-6-. The fraction of sp³-hybridized carbons (Fsp3) is 0.267. The molecule has 0 spiro atoms. The Balaban J connectivity index is 2.24. The molecule has 1 saturated heterocycles. The summed E-state index contributed by atoms with van der Waals surface area (Å²) in [4.78, 5) is 34.4. The fourth-order valence-corrected chi connectivity index (χ4v) is 2.83. The molecule has 1 aliphatic rings. The number of thioether (sulfide) groups is 1. The van der Waals surface area contributed by atoms with Gasteiger partial charge < -0.3 is 14.2 Å². The summed E-state index contributed by atoms with van der Waals surface area (Å²) in [5, 5.41) is 1.93. The van der Waals surface area contributed by atoms with Gasteiger partial charge in [-0.2, -0.15) is 0 Å². The lowest BCUT2D eigenvalue weighted by molar-refractivity contribution is -0.145. The van der Waals surface area contributed by atoms with Crippen molar-refractivity contribution in [1.82, 2.24) is 5.32 Å². The van der Waals surface area contributed by atoms with Gasteiger partial charge in [0.2, 0.25) is 0 Å². The number of carbonyl (C=O) groups is 3. The molecule has 1 aromatic carbocycles. The highest BCUT2D eigenvalue weighted by Crippen LogP contribution is 2.38. The number of halogens is 1. The summed E-state index contributed by atoms with van der Waals surface area (Å²) in [7, 11) is 1.42. The number of nitrogens with one attached hydrogen (secondary N) is 1. The van der Waals surface area contributed by atoms with Crippen LogP contribution in [0.25, 0.3) is 6.08 Å². The number of methoxy groups -OCH3 is 1. The molecule has 2 rings (SSSR count). The Hall–Kier alpha value is -2.19. The van der Waals surface area contributed by atoms with Gasteiger partial charge in [0.15, 0.2) is 18.1 Å². The predicted molar refractivity (Wildman–Crippen MR) is 89.2 cm³/mol. The van der Waals surface area contributed by atoms with E-state index in [4.69, 9.17) is 25.8 Å². The average Bonchev–Trinajstić information content (AvgIpc) is 2.83. The summed E-state index contributed by atoms with van der Waals surface area (Å²) >= 11 is 6.96. The molecule has 0 saturated carbocycles. The van der Waals surface area contributed by atoms with Crippen LogP contribution in [0.2, 0.25) is 5.02 Å². The summed E-state index contributed by atoms with van der Waals surface area (Å²) in [6.45, 7) is 1.63. The highest BCUT2D eigenvalue weighted by Gasteiger charge is 2.25. The van der Waals surface area contributed by atoms with Crippen LogP contribution in [0.3, 0.4) is 0 Å². The Labute approximate surface area is 147 Å². The Kier molecular flexibility index (Phi) is 6.10. The first-order valence-corrected chi connectivity index (χ1v) is 8.04. The van der Waals surface area contributed by atoms with Crippen molar-refractivity contribution < 1.29 is 28.6 Å². The van der Waals surface area contributed by atoms with E-state index in [-0.39, 0.29) is 34.6 Å². The van der Waals surface area contributed by atoms with Crippen molar-refractivity contribution in [3.05, 3.63) is 27.6 Å². The van der Waals surface area contributed by atoms with Gasteiger partial charge in [-0.05, 0) is 42.5 Å². The highest BCUT2D eigenvalue weighted by atomic mass is 35.5. The molecule has 1 fully saturated rings. The van der Waals surface area contributed by atoms with Gasteiger partial charge >= 0.3 is 5.97 Å². The Morgan fingerprint density at radius 1 is 1.38 bits per heavy atom. The minimum atomic E-state index is -0.528. The van der Waals surface area contributed by atoms with Crippen LogP contribution in [0.1, 0.15) is 12.5 Å². The number of esters is 1. The zero-order valence-corrected chi connectivity index (χ0v) is 14.5. The van der Waals surface area contributed by atoms with Crippen molar-refractivity contribution in [3.8, 4) is 11.5 Å². The molecule has 0 unspecified atom stereocenters. The lowest BCUT2D eigenvalue weighted by Gasteiger charge is -2.13. The van der Waals surface area contributed by atoms with Gasteiger partial charge in [-0.1, -0.05) is 11.6 Å². The monoisotopic (exact) mass is 371 g/mol. The van der Waals surface area contributed by atoms with E-state index in [1.54, 1.807) is 13.0 Å². The molecule has 1 heterocycles. The van der Waals surface area contributed by atoms with Crippen molar-refractivity contribution in [2.75, 3.05) is 20.3 Å². The van der Waals surface area contributed by atoms with Crippen LogP contribution >= 0.6 is 23.4 Å². The van der Waals surface area contributed by atoms with Crippen molar-refractivity contribution in [1.29, 1.82) is 0 Å². The molecule has 2 amide bonds. The first kappa shape index (κ1) is 18.2. The molecular weight excluding hydrogens is 358 g/mol. The molecule has 9 heteroatoms. The number of hydrogen-bond donors (Lipinski definition) is 1. The van der Waals surface area contributed by atoms with E-state index in [0.29, 0.717) is 5.56 Å². The van der Waals surface area contributed by atoms with E-state index in [0.717, 1.165) is 11.8 Å². The van der Waals surface area contributed by atoms with Gasteiger partial charge in [-0.25, -0.2) is 4.79 Å². The molecule has 0 radical (unpaired) electrons. The van der Waals surface area contributed by atoms with E-state index in [9.17, 15) is 14.4 Å². The third kappa shape index (κ3) is 4.42. The third-order valence-electron chi connectivity index (χ3n) is 2.83. The summed E-state index contributed by atoms with van der Waals surface area (Å²) in [6, 6.07) is 3.12. The van der Waals surface area contributed by atoms with Crippen LogP contribution in [0, 0.1) is 0 Å². The predicted octanol–water partition coefficient (Wildman–Crippen LogP) is 2.61. The minimum absolute atomic E-state index is 0.189. The van der Waals surface area contributed by atoms with Crippen molar-refractivity contribution in [3.63, 3.8) is 0 Å². The van der Waals surface area contributed by atoms with E-state index >= 15 is 0 Å². The van der Waals surface area contributed by atoms with E-state index in [2.05, 4.69) is 5.32 Å². The lowest BCUT2D eigenvalue weighted by Crippen LogP contribution is -2.17. The normalized spacial score (nSPS) is 15.4. The molecule has 128 valence electrons. The van der Waals surface area contributed by atoms with Gasteiger partial charge in [-0.15, -0.1) is 0 Å². The molecule has 0 atom stereocenters. The second-order valence-electron chi connectivity index (χ2n) is 4.48. The number of hydrogen-bond acceptors (Lipinski definition) is 7. The van der Waals surface area contributed by atoms with Gasteiger partial charge in [0.1, 0.15) is 0 Å². The largest absolute Gasteiger partial charge is 0.493 e. The Morgan fingerprint density at radius 2 is 2.12 bits per heavy atom. The summed E-state index contributed by atoms with van der Waals surface area (Å²) in [5.41, 5.74) is 0.549. The Bertz CT molecular complexity index is 718. The first-order chi connectivity index (χ1) is 11.4. The molecule has 7 nitrogen and oxygen atoms in total. The summed E-state index contributed by atoms with van der Waals surface area (Å²) in [6.07, 6.45) is 1.51. The molecule has 1 aliphatic heterocycles. The molecule has 0 bridgehead atoms. The zero-order valence-electron chi connectivity index (χ0n) is 12.9. The van der Waals surface area contributed by atoms with Crippen molar-refractivity contribution >= 4 is 46.6 Å². The molecule has 1 aromatic rings. The van der Waals surface area contributed by atoms with Gasteiger partial charge in [-0.3, -0.25) is 14.9 Å². The minimum Gasteiger partial charge on any atom is -0.493 e. The van der Waals surface area contributed by atoms with Crippen molar-refractivity contribution in [2.45, 2.75) is 6.92 Å². The SMILES string of the molecule is CCOC(=O)COc1c(Cl)cc(/C=C2\SC(=O)NC2=O)cc1OC. The lowest BCUT2D eigenvalue weighted by atomic mass is 10.2. The quantitative estimate of drug-likeness (QED) is 0.607. The Morgan fingerprint density at radius 3 is 2.71 bits per heavy atom. The van der Waals surface area contributed by atoms with Crippen LogP contribution in [0.5, 0.6) is 11.5 Å². The maximum atomic E-state index is 11.6. The average molecular weight is 372 g/mol. The number of rotatable bonds is 6. The number of imide groups is 1. The number of benzene rings is 1. The summed E-state index contributed by atoms with van der Waals surface area (Å²) in [5.74, 6) is -0.524. The third-order valence-corrected chi connectivity index (χ3v) is 3.92.